The minimum atomic E-state index is -0.217. The van der Waals surface area contributed by atoms with E-state index in [-0.39, 0.29) is 7.92 Å². The predicted octanol–water partition coefficient (Wildman–Crippen LogP) is 5.62. The fourth-order valence-electron chi connectivity index (χ4n) is 2.93. The lowest BCUT2D eigenvalue weighted by Gasteiger charge is -2.22. The van der Waals surface area contributed by atoms with Gasteiger partial charge in [-0.1, -0.05) is 68.7 Å². The van der Waals surface area contributed by atoms with Crippen molar-refractivity contribution in [2.24, 2.45) is 0 Å². The second-order valence-corrected chi connectivity index (χ2v) is 8.50. The highest BCUT2D eigenvalue weighted by molar-refractivity contribution is 7.73. The standard InChI is InChI=1S/C21H29P/c1-5-6-7-11-16-22(20-12-9-8-10-13-20)21-15-14-17(2)18(3)19(21)4/h8-10,12-15H,5-7,11,16H2,1-4H3. The first-order valence-corrected chi connectivity index (χ1v) is 10.1. The fourth-order valence-corrected chi connectivity index (χ4v) is 5.60. The van der Waals surface area contributed by atoms with Gasteiger partial charge in [0.25, 0.3) is 0 Å². The molecule has 0 radical (unpaired) electrons. The van der Waals surface area contributed by atoms with Crippen molar-refractivity contribution in [3.05, 3.63) is 59.2 Å². The van der Waals surface area contributed by atoms with Crippen LogP contribution < -0.4 is 10.6 Å². The lowest BCUT2D eigenvalue weighted by molar-refractivity contribution is 0.705. The van der Waals surface area contributed by atoms with E-state index in [2.05, 4.69) is 70.2 Å². The highest BCUT2D eigenvalue weighted by Crippen LogP contribution is 2.37. The van der Waals surface area contributed by atoms with Crippen molar-refractivity contribution in [3.63, 3.8) is 0 Å². The van der Waals surface area contributed by atoms with Crippen LogP contribution in [0.2, 0.25) is 0 Å². The smallest absolute Gasteiger partial charge is 0.0163 e. The van der Waals surface area contributed by atoms with E-state index in [4.69, 9.17) is 0 Å². The van der Waals surface area contributed by atoms with Crippen LogP contribution in [-0.4, -0.2) is 6.16 Å². The van der Waals surface area contributed by atoms with Gasteiger partial charge in [-0.15, -0.1) is 0 Å². The fraction of sp³-hybridized carbons (Fsp3) is 0.429. The van der Waals surface area contributed by atoms with Gasteiger partial charge in [0.1, 0.15) is 0 Å². The van der Waals surface area contributed by atoms with Crippen LogP contribution in [0.1, 0.15) is 49.3 Å². The Morgan fingerprint density at radius 3 is 2.18 bits per heavy atom. The first-order chi connectivity index (χ1) is 10.6. The molecular weight excluding hydrogens is 283 g/mol. The predicted molar refractivity (Wildman–Crippen MR) is 102 cm³/mol. The molecule has 2 aromatic rings. The molecule has 0 N–H and O–H groups in total. The number of hydrogen-bond donors (Lipinski definition) is 0. The summed E-state index contributed by atoms with van der Waals surface area (Å²) in [4.78, 5) is 0. The molecule has 22 heavy (non-hydrogen) atoms. The Labute approximate surface area is 137 Å². The second-order valence-electron chi connectivity index (χ2n) is 6.20. The van der Waals surface area contributed by atoms with Crippen LogP contribution in [0.5, 0.6) is 0 Å². The molecule has 0 aliphatic carbocycles. The third kappa shape index (κ3) is 4.20. The Balaban J connectivity index is 2.30. The Bertz CT molecular complexity index is 586. The first kappa shape index (κ1) is 17.2. The monoisotopic (exact) mass is 312 g/mol. The maximum Gasteiger partial charge on any atom is -0.0163 e. The minimum Gasteiger partial charge on any atom is -0.0654 e. The number of hydrogen-bond acceptors (Lipinski definition) is 0. The van der Waals surface area contributed by atoms with Crippen molar-refractivity contribution >= 4 is 18.5 Å². The molecule has 118 valence electrons. The van der Waals surface area contributed by atoms with E-state index in [1.54, 1.807) is 5.30 Å². The highest BCUT2D eigenvalue weighted by Gasteiger charge is 2.16. The summed E-state index contributed by atoms with van der Waals surface area (Å²) < 4.78 is 0. The maximum absolute atomic E-state index is 2.39. The molecule has 2 rings (SSSR count). The summed E-state index contributed by atoms with van der Waals surface area (Å²) in [5.41, 5.74) is 4.38. The van der Waals surface area contributed by atoms with Crippen molar-refractivity contribution in [3.8, 4) is 0 Å². The van der Waals surface area contributed by atoms with Gasteiger partial charge in [-0.3, -0.25) is 0 Å². The summed E-state index contributed by atoms with van der Waals surface area (Å²) in [7, 11) is -0.217. The number of benzene rings is 2. The zero-order valence-electron chi connectivity index (χ0n) is 14.5. The number of aryl methyl sites for hydroxylation is 1. The van der Waals surface area contributed by atoms with Crippen molar-refractivity contribution < 1.29 is 0 Å². The molecule has 0 fully saturated rings. The third-order valence-corrected chi connectivity index (χ3v) is 7.37. The van der Waals surface area contributed by atoms with Gasteiger partial charge in [-0.05, 0) is 68.6 Å². The molecule has 0 saturated carbocycles. The Morgan fingerprint density at radius 2 is 1.50 bits per heavy atom. The van der Waals surface area contributed by atoms with Crippen LogP contribution in [0.4, 0.5) is 0 Å². The normalized spacial score (nSPS) is 12.4. The molecule has 0 nitrogen and oxygen atoms in total. The molecular formula is C21H29P. The van der Waals surface area contributed by atoms with Crippen molar-refractivity contribution in [2.45, 2.75) is 53.4 Å². The summed E-state index contributed by atoms with van der Waals surface area (Å²) >= 11 is 0. The van der Waals surface area contributed by atoms with E-state index in [1.807, 2.05) is 0 Å². The summed E-state index contributed by atoms with van der Waals surface area (Å²) in [6.07, 6.45) is 6.71. The molecule has 0 bridgehead atoms. The van der Waals surface area contributed by atoms with Gasteiger partial charge in [0.05, 0.1) is 0 Å². The zero-order chi connectivity index (χ0) is 15.9. The number of rotatable bonds is 7. The van der Waals surface area contributed by atoms with E-state index in [0.717, 1.165) is 0 Å². The van der Waals surface area contributed by atoms with Crippen molar-refractivity contribution in [1.82, 2.24) is 0 Å². The lowest BCUT2D eigenvalue weighted by atomic mass is 10.1. The minimum absolute atomic E-state index is 0.217. The summed E-state index contributed by atoms with van der Waals surface area (Å²) in [5, 5.41) is 3.11. The Hall–Kier alpha value is -1.13. The average molecular weight is 312 g/mol. The van der Waals surface area contributed by atoms with E-state index in [9.17, 15) is 0 Å². The third-order valence-electron chi connectivity index (χ3n) is 4.62. The van der Waals surface area contributed by atoms with Crippen LogP contribution in [0.3, 0.4) is 0 Å². The second kappa shape index (κ2) is 8.49. The van der Waals surface area contributed by atoms with Gasteiger partial charge in [0, 0.05) is 0 Å². The summed E-state index contributed by atoms with van der Waals surface area (Å²) in [5.74, 6) is 0. The van der Waals surface area contributed by atoms with Crippen LogP contribution in [0, 0.1) is 20.8 Å². The molecule has 0 aliphatic rings. The van der Waals surface area contributed by atoms with Crippen LogP contribution in [0.15, 0.2) is 42.5 Å². The van der Waals surface area contributed by atoms with E-state index in [0.29, 0.717) is 0 Å². The average Bonchev–Trinajstić information content (AvgIpc) is 2.55. The van der Waals surface area contributed by atoms with Gasteiger partial charge in [-0.2, -0.15) is 0 Å². The first-order valence-electron chi connectivity index (χ1n) is 8.54. The molecule has 1 unspecified atom stereocenters. The SMILES string of the molecule is CCCCCCP(c1ccccc1)c1ccc(C)c(C)c1C. The quantitative estimate of drug-likeness (QED) is 0.459. The molecule has 2 aromatic carbocycles. The van der Waals surface area contributed by atoms with E-state index >= 15 is 0 Å². The highest BCUT2D eigenvalue weighted by atomic mass is 31.1. The zero-order valence-corrected chi connectivity index (χ0v) is 15.4. The van der Waals surface area contributed by atoms with Crippen LogP contribution >= 0.6 is 7.92 Å². The van der Waals surface area contributed by atoms with Crippen LogP contribution in [0.25, 0.3) is 0 Å². The molecule has 0 aliphatic heterocycles. The molecule has 0 aromatic heterocycles. The molecule has 0 spiro atoms. The Kier molecular flexibility index (Phi) is 6.65. The largest absolute Gasteiger partial charge is 0.0654 e. The molecule has 0 amide bonds. The summed E-state index contributed by atoms with van der Waals surface area (Å²) in [6, 6.07) is 15.8. The van der Waals surface area contributed by atoms with Gasteiger partial charge in [0.2, 0.25) is 0 Å². The Morgan fingerprint density at radius 1 is 0.773 bits per heavy atom. The van der Waals surface area contributed by atoms with E-state index < -0.39 is 0 Å². The molecule has 0 saturated heterocycles. The molecule has 1 atom stereocenters. The van der Waals surface area contributed by atoms with Gasteiger partial charge < -0.3 is 0 Å². The summed E-state index contributed by atoms with van der Waals surface area (Å²) in [6.45, 7) is 9.08. The molecule has 1 heteroatoms. The lowest BCUT2D eigenvalue weighted by Crippen LogP contribution is -2.18. The van der Waals surface area contributed by atoms with Crippen LogP contribution in [-0.2, 0) is 0 Å². The molecule has 0 heterocycles. The van der Waals surface area contributed by atoms with Crippen molar-refractivity contribution in [2.75, 3.05) is 6.16 Å². The van der Waals surface area contributed by atoms with Gasteiger partial charge >= 0.3 is 0 Å². The topological polar surface area (TPSA) is 0 Å². The maximum atomic E-state index is 2.39. The van der Waals surface area contributed by atoms with Gasteiger partial charge in [-0.25, -0.2) is 0 Å². The van der Waals surface area contributed by atoms with E-state index in [1.165, 1.54) is 53.8 Å². The van der Waals surface area contributed by atoms with Crippen molar-refractivity contribution in [1.29, 1.82) is 0 Å². The van der Waals surface area contributed by atoms with Gasteiger partial charge in [0.15, 0.2) is 0 Å². The number of unbranched alkanes of at least 4 members (excludes halogenated alkanes) is 3.